The number of fused-ring (bicyclic) bond motifs is 4. The van der Waals surface area contributed by atoms with E-state index in [0.717, 1.165) is 44.7 Å². The van der Waals surface area contributed by atoms with Gasteiger partial charge in [-0.05, 0) is 56.9 Å². The summed E-state index contributed by atoms with van der Waals surface area (Å²) in [7, 11) is 0. The van der Waals surface area contributed by atoms with Crippen LogP contribution in [0.25, 0.3) is 50.9 Å². The molecule has 2 N–H and O–H groups in total. The highest BCUT2D eigenvalue weighted by molar-refractivity contribution is 6.13. The first-order valence-corrected chi connectivity index (χ1v) is 17.7. The second-order valence-corrected chi connectivity index (χ2v) is 12.6. The van der Waals surface area contributed by atoms with E-state index in [-0.39, 0.29) is 0 Å². The summed E-state index contributed by atoms with van der Waals surface area (Å²) in [4.78, 5) is 15.6. The molecule has 0 bridgehead atoms. The molecule has 0 aliphatic heterocycles. The van der Waals surface area contributed by atoms with Crippen LogP contribution in [0.15, 0.2) is 145 Å². The number of rotatable bonds is 11. The molecule has 6 nitrogen and oxygen atoms in total. The molecule has 3 aromatic heterocycles. The van der Waals surface area contributed by atoms with Crippen molar-refractivity contribution >= 4 is 50.9 Å². The number of nitrogens with zero attached hydrogens (tertiary/aromatic N) is 5. The molecule has 0 saturated carbocycles. The molecular formula is C45H46N6. The van der Waals surface area contributed by atoms with Crippen LogP contribution in [-0.4, -0.2) is 25.1 Å². The Morgan fingerprint density at radius 3 is 2.06 bits per heavy atom. The van der Waals surface area contributed by atoms with Gasteiger partial charge in [0, 0.05) is 40.4 Å². The van der Waals surface area contributed by atoms with Crippen LogP contribution in [0.5, 0.6) is 0 Å². The monoisotopic (exact) mass is 670 g/mol. The fourth-order valence-corrected chi connectivity index (χ4v) is 6.54. The molecule has 6 rings (SSSR count). The third-order valence-electron chi connectivity index (χ3n) is 9.15. The quantitative estimate of drug-likeness (QED) is 0.0647. The summed E-state index contributed by atoms with van der Waals surface area (Å²) in [5, 5.41) is 4.85. The van der Waals surface area contributed by atoms with Gasteiger partial charge in [-0.3, -0.25) is 9.13 Å². The molecule has 0 aliphatic carbocycles. The van der Waals surface area contributed by atoms with Crippen molar-refractivity contribution in [3.05, 3.63) is 162 Å². The molecule has 0 amide bonds. The molecule has 0 saturated heterocycles. The molecule has 0 spiro atoms. The Kier molecular flexibility index (Phi) is 11.0. The van der Waals surface area contributed by atoms with E-state index < -0.39 is 0 Å². The molecule has 0 fully saturated rings. The summed E-state index contributed by atoms with van der Waals surface area (Å²) in [6.45, 7) is 12.9. The summed E-state index contributed by atoms with van der Waals surface area (Å²) in [5.41, 5.74) is 12.9. The van der Waals surface area contributed by atoms with E-state index >= 15 is 0 Å². The number of hydrogen-bond donors (Lipinski definition) is 1. The Labute approximate surface area is 300 Å². The van der Waals surface area contributed by atoms with Gasteiger partial charge < -0.3 is 5.73 Å². The molecular weight excluding hydrogens is 625 g/mol. The minimum absolute atomic E-state index is 0.319. The average Bonchev–Trinajstić information content (AvgIpc) is 3.71. The van der Waals surface area contributed by atoms with Crippen molar-refractivity contribution < 1.29 is 0 Å². The van der Waals surface area contributed by atoms with Gasteiger partial charge in [0.1, 0.15) is 0 Å². The maximum Gasteiger partial charge on any atom is 0.235 e. The fraction of sp³-hybridized carbons (Fsp3) is 0.178. The maximum atomic E-state index is 7.01. The third-order valence-corrected chi connectivity index (χ3v) is 9.15. The lowest BCUT2D eigenvalue weighted by molar-refractivity contribution is 0.780. The van der Waals surface area contributed by atoms with Crippen LogP contribution in [0.1, 0.15) is 57.7 Å². The average molecular weight is 671 g/mol. The fourth-order valence-electron chi connectivity index (χ4n) is 6.54. The summed E-state index contributed by atoms with van der Waals surface area (Å²) in [6, 6.07) is 25.1. The molecule has 6 aromatic rings. The Morgan fingerprint density at radius 2 is 1.39 bits per heavy atom. The van der Waals surface area contributed by atoms with Crippen LogP contribution in [0.2, 0.25) is 0 Å². The summed E-state index contributed by atoms with van der Waals surface area (Å²) < 4.78 is 4.15. The minimum atomic E-state index is 0.319. The van der Waals surface area contributed by atoms with Crippen molar-refractivity contribution in [3.63, 3.8) is 0 Å². The van der Waals surface area contributed by atoms with Gasteiger partial charge in [-0.1, -0.05) is 129 Å². The number of aromatic nitrogens is 4. The number of benzene rings is 3. The highest BCUT2D eigenvalue weighted by Gasteiger charge is 2.18. The number of aliphatic imine (C=N–C) groups is 1. The largest absolute Gasteiger partial charge is 0.369 e. The van der Waals surface area contributed by atoms with E-state index in [2.05, 4.69) is 116 Å². The molecule has 3 aromatic carbocycles. The van der Waals surface area contributed by atoms with E-state index in [1.807, 2.05) is 67.0 Å². The lowest BCUT2D eigenvalue weighted by atomic mass is 9.97. The molecule has 51 heavy (non-hydrogen) atoms. The number of hydrogen-bond acceptors (Lipinski definition) is 3. The van der Waals surface area contributed by atoms with Crippen molar-refractivity contribution in [1.82, 2.24) is 19.1 Å². The second kappa shape index (κ2) is 16.1. The topological polar surface area (TPSA) is 74.0 Å². The highest BCUT2D eigenvalue weighted by Crippen LogP contribution is 2.31. The first-order valence-electron chi connectivity index (χ1n) is 17.7. The Bertz CT molecular complexity index is 2430. The molecule has 1 atom stereocenters. The van der Waals surface area contributed by atoms with E-state index in [9.17, 15) is 0 Å². The highest BCUT2D eigenvalue weighted by atomic mass is 15.2. The smallest absolute Gasteiger partial charge is 0.235 e. The van der Waals surface area contributed by atoms with Crippen LogP contribution in [0, 0.1) is 0 Å². The van der Waals surface area contributed by atoms with Crippen LogP contribution in [-0.2, 0) is 6.42 Å². The SMILES string of the molecule is C=c1c(C/C=C\C)nc(-n2cc([C@H](C)C/C=C\C)c3ccccc32)n/c1=C(C\C=C/C=C\C=C/C)/N=C(\N)n1c2ccccc2c2ccccc21. The van der Waals surface area contributed by atoms with Gasteiger partial charge in [-0.25, -0.2) is 15.0 Å². The minimum Gasteiger partial charge on any atom is -0.369 e. The Morgan fingerprint density at radius 1 is 0.765 bits per heavy atom. The predicted octanol–water partition coefficient (Wildman–Crippen LogP) is 9.18. The lowest BCUT2D eigenvalue weighted by Gasteiger charge is -2.11. The molecule has 6 heteroatoms. The number of para-hydroxylation sites is 3. The van der Waals surface area contributed by atoms with Gasteiger partial charge in [0.05, 0.1) is 33.3 Å². The third kappa shape index (κ3) is 7.31. The maximum absolute atomic E-state index is 7.01. The first-order chi connectivity index (χ1) is 25.0. The molecule has 3 heterocycles. The normalized spacial score (nSPS) is 14.2. The molecule has 0 radical (unpaired) electrons. The van der Waals surface area contributed by atoms with Gasteiger partial charge in [0.15, 0.2) is 0 Å². The van der Waals surface area contributed by atoms with Crippen molar-refractivity contribution in [2.45, 2.75) is 52.9 Å². The van der Waals surface area contributed by atoms with E-state index in [1.54, 1.807) is 0 Å². The van der Waals surface area contributed by atoms with Crippen LogP contribution < -0.4 is 16.3 Å². The standard InChI is InChI=1S/C45H46N6/c1-6-9-12-13-14-15-27-39(47-44(46)51-41-29-20-17-23-34(41)35-24-18-21-30-42(35)51)43-33(5)38(26-11-8-3)48-45(49-43)50-31-37(32(4)22-10-7-2)36-25-16-19-28-40(36)50/h6-21,23-25,28-32H,5,22,26-27H2,1-4H3,(H2,46,47)/b9-6-,10-7-,11-8-,13-12-,15-14-,43-39+/t32-/m1/s1. The van der Waals surface area contributed by atoms with E-state index in [0.29, 0.717) is 41.7 Å². The Balaban J connectivity index is 1.63. The molecule has 0 aliphatic rings. The van der Waals surface area contributed by atoms with Gasteiger partial charge in [0.25, 0.3) is 0 Å². The lowest BCUT2D eigenvalue weighted by Crippen LogP contribution is -2.36. The van der Waals surface area contributed by atoms with Crippen molar-refractivity contribution in [2.24, 2.45) is 10.7 Å². The molecule has 256 valence electrons. The van der Waals surface area contributed by atoms with Crippen molar-refractivity contribution in [3.8, 4) is 5.95 Å². The van der Waals surface area contributed by atoms with Gasteiger partial charge >= 0.3 is 0 Å². The van der Waals surface area contributed by atoms with E-state index in [4.69, 9.17) is 20.7 Å². The predicted molar refractivity (Wildman–Crippen MR) is 218 cm³/mol. The number of nitrogens with two attached hydrogens (primary N) is 1. The number of allylic oxidation sites excluding steroid dienone is 9. The van der Waals surface area contributed by atoms with Gasteiger partial charge in [0.2, 0.25) is 11.9 Å². The summed E-state index contributed by atoms with van der Waals surface area (Å²) in [6.07, 6.45) is 24.8. The van der Waals surface area contributed by atoms with Gasteiger partial charge in [-0.2, -0.15) is 0 Å². The summed E-state index contributed by atoms with van der Waals surface area (Å²) >= 11 is 0. The van der Waals surface area contributed by atoms with E-state index in [1.165, 1.54) is 10.9 Å². The second-order valence-electron chi connectivity index (χ2n) is 12.6. The zero-order valence-corrected chi connectivity index (χ0v) is 30.0. The first kappa shape index (κ1) is 34.8. The van der Waals surface area contributed by atoms with Gasteiger partial charge in [-0.15, -0.1) is 0 Å². The zero-order valence-electron chi connectivity index (χ0n) is 30.0. The Hall–Kier alpha value is -6.01. The van der Waals surface area contributed by atoms with Crippen molar-refractivity contribution in [1.29, 1.82) is 0 Å². The van der Waals surface area contributed by atoms with Crippen LogP contribution in [0.4, 0.5) is 0 Å². The molecule has 0 unspecified atom stereocenters. The zero-order chi connectivity index (χ0) is 35.7. The van der Waals surface area contributed by atoms with Crippen LogP contribution in [0.3, 0.4) is 0 Å². The van der Waals surface area contributed by atoms with Crippen molar-refractivity contribution in [2.75, 3.05) is 0 Å². The van der Waals surface area contributed by atoms with Crippen LogP contribution >= 0.6 is 0 Å². The summed E-state index contributed by atoms with van der Waals surface area (Å²) in [5.74, 6) is 1.26.